The first-order valence-electron chi connectivity index (χ1n) is 4.80. The van der Waals surface area contributed by atoms with Gasteiger partial charge in [0.2, 0.25) is 0 Å². The lowest BCUT2D eigenvalue weighted by Crippen LogP contribution is -2.00. The van der Waals surface area contributed by atoms with E-state index >= 15 is 0 Å². The fraction of sp³-hybridized carbons (Fsp3) is 0.0833. The van der Waals surface area contributed by atoms with Gasteiger partial charge in [-0.05, 0) is 17.2 Å². The second-order valence-electron chi connectivity index (χ2n) is 3.32. The summed E-state index contributed by atoms with van der Waals surface area (Å²) in [5.41, 5.74) is 15.4. The number of anilines is 1. The summed E-state index contributed by atoms with van der Waals surface area (Å²) in [4.78, 5) is 4.08. The van der Waals surface area contributed by atoms with Crippen LogP contribution in [0.2, 0.25) is 0 Å². The monoisotopic (exact) mass is 199 g/mol. The smallest absolute Gasteiger partial charge is 0.0424 e. The minimum atomic E-state index is 0.504. The Balaban J connectivity index is 2.59. The lowest BCUT2D eigenvalue weighted by molar-refractivity contribution is 1.07. The van der Waals surface area contributed by atoms with Gasteiger partial charge in [0.15, 0.2) is 0 Å². The third-order valence-corrected chi connectivity index (χ3v) is 2.38. The number of nitrogens with zero attached hydrogens (tertiary/aromatic N) is 1. The Morgan fingerprint density at radius 3 is 2.60 bits per heavy atom. The minimum absolute atomic E-state index is 0.504. The number of hydrogen-bond donors (Lipinski definition) is 2. The van der Waals surface area contributed by atoms with Crippen molar-refractivity contribution >= 4 is 5.69 Å². The Labute approximate surface area is 88.8 Å². The van der Waals surface area contributed by atoms with Crippen molar-refractivity contribution in [1.82, 2.24) is 4.98 Å². The summed E-state index contributed by atoms with van der Waals surface area (Å²) in [5, 5.41) is 0. The number of pyridine rings is 1. The van der Waals surface area contributed by atoms with E-state index in [1.54, 1.807) is 18.5 Å². The molecule has 0 amide bonds. The zero-order valence-corrected chi connectivity index (χ0v) is 8.35. The van der Waals surface area contributed by atoms with Gasteiger partial charge in [0, 0.05) is 30.2 Å². The predicted molar refractivity (Wildman–Crippen MR) is 62.0 cm³/mol. The van der Waals surface area contributed by atoms with Crippen LogP contribution >= 0.6 is 0 Å². The van der Waals surface area contributed by atoms with Crippen molar-refractivity contribution < 1.29 is 0 Å². The third-order valence-electron chi connectivity index (χ3n) is 2.38. The molecule has 0 aliphatic heterocycles. The highest BCUT2D eigenvalue weighted by Gasteiger charge is 2.05. The quantitative estimate of drug-likeness (QED) is 0.775. The molecule has 0 aliphatic rings. The molecule has 1 aromatic heterocycles. The van der Waals surface area contributed by atoms with E-state index in [9.17, 15) is 0 Å². The molecule has 4 N–H and O–H groups in total. The van der Waals surface area contributed by atoms with Crippen LogP contribution in [-0.2, 0) is 6.54 Å². The van der Waals surface area contributed by atoms with Gasteiger partial charge in [0.25, 0.3) is 0 Å². The molecule has 3 nitrogen and oxygen atoms in total. The average molecular weight is 199 g/mol. The summed E-state index contributed by atoms with van der Waals surface area (Å²) in [6.45, 7) is 0.504. The Kier molecular flexibility index (Phi) is 2.65. The SMILES string of the molecule is NCc1ccccc1-c1cnccc1N. The van der Waals surface area contributed by atoms with Crippen molar-refractivity contribution in [1.29, 1.82) is 0 Å². The molecular weight excluding hydrogens is 186 g/mol. The molecule has 0 unspecified atom stereocenters. The van der Waals surface area contributed by atoms with E-state index in [0.717, 1.165) is 22.4 Å². The molecule has 76 valence electrons. The molecule has 0 saturated heterocycles. The van der Waals surface area contributed by atoms with E-state index in [2.05, 4.69) is 4.98 Å². The number of aromatic nitrogens is 1. The van der Waals surface area contributed by atoms with E-state index in [4.69, 9.17) is 11.5 Å². The van der Waals surface area contributed by atoms with E-state index in [1.807, 2.05) is 24.3 Å². The van der Waals surface area contributed by atoms with Crippen LogP contribution in [0.3, 0.4) is 0 Å². The predicted octanol–water partition coefficient (Wildman–Crippen LogP) is 1.79. The lowest BCUT2D eigenvalue weighted by Gasteiger charge is -2.09. The molecule has 15 heavy (non-hydrogen) atoms. The molecule has 0 aliphatic carbocycles. The summed E-state index contributed by atoms with van der Waals surface area (Å²) in [6, 6.07) is 9.75. The van der Waals surface area contributed by atoms with Crippen LogP contribution in [0.1, 0.15) is 5.56 Å². The van der Waals surface area contributed by atoms with E-state index in [1.165, 1.54) is 0 Å². The highest BCUT2D eigenvalue weighted by molar-refractivity contribution is 5.77. The highest BCUT2D eigenvalue weighted by atomic mass is 14.7. The normalized spacial score (nSPS) is 10.2. The maximum absolute atomic E-state index is 5.90. The maximum atomic E-state index is 5.90. The molecule has 1 aromatic carbocycles. The molecule has 2 rings (SSSR count). The molecule has 0 atom stereocenters. The van der Waals surface area contributed by atoms with Gasteiger partial charge in [-0.3, -0.25) is 4.98 Å². The van der Waals surface area contributed by atoms with Gasteiger partial charge in [-0.2, -0.15) is 0 Å². The standard InChI is InChI=1S/C12H13N3/c13-7-9-3-1-2-4-10(9)11-8-15-6-5-12(11)14/h1-6,8H,7,13H2,(H2,14,15). The number of hydrogen-bond acceptors (Lipinski definition) is 3. The molecule has 3 heteroatoms. The first kappa shape index (κ1) is 9.68. The second kappa shape index (κ2) is 4.11. The fourth-order valence-corrected chi connectivity index (χ4v) is 1.59. The molecule has 2 aromatic rings. The molecule has 0 fully saturated rings. The van der Waals surface area contributed by atoms with Crippen molar-refractivity contribution in [2.45, 2.75) is 6.54 Å². The van der Waals surface area contributed by atoms with Crippen molar-refractivity contribution in [3.05, 3.63) is 48.3 Å². The van der Waals surface area contributed by atoms with Crippen LogP contribution < -0.4 is 11.5 Å². The van der Waals surface area contributed by atoms with Gasteiger partial charge in [0.05, 0.1) is 0 Å². The Morgan fingerprint density at radius 2 is 1.87 bits per heavy atom. The van der Waals surface area contributed by atoms with Crippen LogP contribution in [0.25, 0.3) is 11.1 Å². The van der Waals surface area contributed by atoms with Gasteiger partial charge < -0.3 is 11.5 Å². The first-order valence-corrected chi connectivity index (χ1v) is 4.80. The summed E-state index contributed by atoms with van der Waals surface area (Å²) in [5.74, 6) is 0. The topological polar surface area (TPSA) is 64.9 Å². The maximum Gasteiger partial charge on any atom is 0.0424 e. The van der Waals surface area contributed by atoms with Crippen LogP contribution in [0.5, 0.6) is 0 Å². The van der Waals surface area contributed by atoms with E-state index in [0.29, 0.717) is 6.54 Å². The summed E-state index contributed by atoms with van der Waals surface area (Å²) in [6.07, 6.45) is 3.45. The van der Waals surface area contributed by atoms with Crippen LogP contribution in [0.4, 0.5) is 5.69 Å². The Morgan fingerprint density at radius 1 is 1.07 bits per heavy atom. The van der Waals surface area contributed by atoms with Crippen molar-refractivity contribution in [2.24, 2.45) is 5.73 Å². The Hall–Kier alpha value is -1.87. The lowest BCUT2D eigenvalue weighted by atomic mass is 10.0. The van der Waals surface area contributed by atoms with Crippen LogP contribution in [0, 0.1) is 0 Å². The number of rotatable bonds is 2. The zero-order chi connectivity index (χ0) is 10.7. The minimum Gasteiger partial charge on any atom is -0.398 e. The Bertz CT molecular complexity index is 466. The first-order chi connectivity index (χ1) is 7.33. The van der Waals surface area contributed by atoms with Gasteiger partial charge in [-0.1, -0.05) is 24.3 Å². The molecule has 0 saturated carbocycles. The molecule has 0 radical (unpaired) electrons. The highest BCUT2D eigenvalue weighted by Crippen LogP contribution is 2.27. The molecule has 0 spiro atoms. The fourth-order valence-electron chi connectivity index (χ4n) is 1.59. The number of benzene rings is 1. The molecule has 0 bridgehead atoms. The van der Waals surface area contributed by atoms with Crippen LogP contribution in [-0.4, -0.2) is 4.98 Å². The average Bonchev–Trinajstić information content (AvgIpc) is 2.30. The van der Waals surface area contributed by atoms with Crippen molar-refractivity contribution in [2.75, 3.05) is 5.73 Å². The number of nitrogen functional groups attached to an aromatic ring is 1. The van der Waals surface area contributed by atoms with Crippen molar-refractivity contribution in [3.8, 4) is 11.1 Å². The van der Waals surface area contributed by atoms with Gasteiger partial charge in [0.1, 0.15) is 0 Å². The molecular formula is C12H13N3. The second-order valence-corrected chi connectivity index (χ2v) is 3.32. The van der Waals surface area contributed by atoms with Crippen molar-refractivity contribution in [3.63, 3.8) is 0 Å². The third kappa shape index (κ3) is 1.82. The molecule has 1 heterocycles. The summed E-state index contributed by atoms with van der Waals surface area (Å²) < 4.78 is 0. The van der Waals surface area contributed by atoms with Gasteiger partial charge >= 0.3 is 0 Å². The van der Waals surface area contributed by atoms with E-state index in [-0.39, 0.29) is 0 Å². The summed E-state index contributed by atoms with van der Waals surface area (Å²) in [7, 11) is 0. The number of nitrogens with two attached hydrogens (primary N) is 2. The summed E-state index contributed by atoms with van der Waals surface area (Å²) >= 11 is 0. The largest absolute Gasteiger partial charge is 0.398 e. The van der Waals surface area contributed by atoms with E-state index < -0.39 is 0 Å². The van der Waals surface area contributed by atoms with Crippen LogP contribution in [0.15, 0.2) is 42.7 Å². The van der Waals surface area contributed by atoms with Gasteiger partial charge in [-0.15, -0.1) is 0 Å². The van der Waals surface area contributed by atoms with Gasteiger partial charge in [-0.25, -0.2) is 0 Å². The zero-order valence-electron chi connectivity index (χ0n) is 8.35.